The standard InChI is InChI=1S/C10H14N2O4S2/c1-3-17(4-2)11-18(15,16)10-7-5-9(6-8-10)12(13)14/h5-8H,3-4H2,1-2H3. The number of sulfonamides is 1. The van der Waals surface area contributed by atoms with Gasteiger partial charge in [0.25, 0.3) is 15.7 Å². The van der Waals surface area contributed by atoms with E-state index in [1.165, 1.54) is 24.3 Å². The maximum Gasteiger partial charge on any atom is 0.287 e. The Bertz CT molecular complexity index is 558. The molecule has 100 valence electrons. The molecule has 6 nitrogen and oxygen atoms in total. The molecule has 1 aromatic rings. The first-order valence-corrected chi connectivity index (χ1v) is 8.26. The normalized spacial score (nSPS) is 11.5. The van der Waals surface area contributed by atoms with Crippen molar-refractivity contribution in [1.82, 2.24) is 0 Å². The molecule has 0 saturated heterocycles. The third-order valence-corrected chi connectivity index (χ3v) is 6.04. The van der Waals surface area contributed by atoms with Gasteiger partial charge in [-0.1, -0.05) is 24.5 Å². The van der Waals surface area contributed by atoms with Crippen LogP contribution in [0.3, 0.4) is 0 Å². The van der Waals surface area contributed by atoms with Crippen LogP contribution in [0.2, 0.25) is 0 Å². The molecule has 0 N–H and O–H groups in total. The minimum Gasteiger partial charge on any atom is -0.258 e. The van der Waals surface area contributed by atoms with Crippen LogP contribution in [0.25, 0.3) is 0 Å². The molecule has 0 heterocycles. The predicted octanol–water partition coefficient (Wildman–Crippen LogP) is 2.13. The molecule has 8 heteroatoms. The summed E-state index contributed by atoms with van der Waals surface area (Å²) in [5.41, 5.74) is -0.140. The summed E-state index contributed by atoms with van der Waals surface area (Å²) >= 11 is 0. The molecule has 0 aliphatic heterocycles. The van der Waals surface area contributed by atoms with Gasteiger partial charge < -0.3 is 0 Å². The zero-order chi connectivity index (χ0) is 13.8. The topological polar surface area (TPSA) is 89.6 Å². The Morgan fingerprint density at radius 2 is 1.72 bits per heavy atom. The van der Waals surface area contributed by atoms with Crippen LogP contribution in [-0.4, -0.2) is 24.8 Å². The summed E-state index contributed by atoms with van der Waals surface area (Å²) in [4.78, 5) is 9.89. The molecule has 1 aromatic carbocycles. The second-order valence-corrected chi connectivity index (χ2v) is 7.44. The summed E-state index contributed by atoms with van der Waals surface area (Å²) in [5.74, 6) is 1.34. The second kappa shape index (κ2) is 6.05. The minimum atomic E-state index is -3.71. The lowest BCUT2D eigenvalue weighted by molar-refractivity contribution is -0.384. The van der Waals surface area contributed by atoms with Crippen LogP contribution in [0, 0.1) is 10.1 Å². The molecule has 0 atom stereocenters. The molecule has 0 unspecified atom stereocenters. The zero-order valence-corrected chi connectivity index (χ0v) is 11.7. The van der Waals surface area contributed by atoms with E-state index in [9.17, 15) is 18.5 Å². The number of rotatable bonds is 5. The van der Waals surface area contributed by atoms with E-state index in [2.05, 4.69) is 3.77 Å². The summed E-state index contributed by atoms with van der Waals surface area (Å²) in [5, 5.41) is 10.5. The van der Waals surface area contributed by atoms with E-state index in [-0.39, 0.29) is 10.6 Å². The van der Waals surface area contributed by atoms with Gasteiger partial charge in [0, 0.05) is 23.6 Å². The predicted molar refractivity (Wildman–Crippen MR) is 71.2 cm³/mol. The molecule has 1 rings (SSSR count). The highest BCUT2D eigenvalue weighted by Gasteiger charge is 2.15. The van der Waals surface area contributed by atoms with Crippen molar-refractivity contribution >= 4 is 26.4 Å². The van der Waals surface area contributed by atoms with Gasteiger partial charge in [0.15, 0.2) is 0 Å². The van der Waals surface area contributed by atoms with E-state index in [0.717, 1.165) is 0 Å². The lowest BCUT2D eigenvalue weighted by Gasteiger charge is -2.03. The molecule has 0 bridgehead atoms. The van der Waals surface area contributed by atoms with Crippen LogP contribution in [0.15, 0.2) is 32.9 Å². The molecule has 0 amide bonds. The third-order valence-electron chi connectivity index (χ3n) is 2.22. The number of nitrogens with zero attached hydrogens (tertiary/aromatic N) is 2. The highest BCUT2D eigenvalue weighted by molar-refractivity contribution is 8.00. The SMILES string of the molecule is CCS(CC)=NS(=O)(=O)c1ccc([N+](=O)[O-])cc1. The van der Waals surface area contributed by atoms with E-state index < -0.39 is 25.6 Å². The van der Waals surface area contributed by atoms with Crippen LogP contribution in [0.4, 0.5) is 5.69 Å². The number of benzene rings is 1. The Morgan fingerprint density at radius 1 is 1.22 bits per heavy atom. The third kappa shape index (κ3) is 3.61. The highest BCUT2D eigenvalue weighted by Crippen LogP contribution is 2.18. The van der Waals surface area contributed by atoms with Crippen LogP contribution in [-0.2, 0) is 20.7 Å². The maximum absolute atomic E-state index is 11.9. The first-order chi connectivity index (χ1) is 8.40. The number of hydrogen-bond donors (Lipinski definition) is 0. The van der Waals surface area contributed by atoms with Gasteiger partial charge in [0.1, 0.15) is 0 Å². The lowest BCUT2D eigenvalue weighted by Crippen LogP contribution is -2.03. The molecule has 0 aliphatic carbocycles. The zero-order valence-electron chi connectivity index (χ0n) is 10.1. The largest absolute Gasteiger partial charge is 0.287 e. The quantitative estimate of drug-likeness (QED) is 0.613. The van der Waals surface area contributed by atoms with Crippen LogP contribution in [0.5, 0.6) is 0 Å². The van der Waals surface area contributed by atoms with Gasteiger partial charge in [-0.25, -0.2) is 0 Å². The van der Waals surface area contributed by atoms with Crippen molar-refractivity contribution < 1.29 is 13.3 Å². The average molecular weight is 290 g/mol. The van der Waals surface area contributed by atoms with Crippen LogP contribution in [0.1, 0.15) is 13.8 Å². The molecule has 0 aromatic heterocycles. The molecule has 0 radical (unpaired) electrons. The Hall–Kier alpha value is -1.28. The van der Waals surface area contributed by atoms with Gasteiger partial charge in [-0.05, 0) is 12.1 Å². The number of nitro groups is 1. The number of nitro benzene ring substituents is 1. The van der Waals surface area contributed by atoms with E-state index in [1.54, 1.807) is 0 Å². The molecular formula is C10H14N2O4S2. The van der Waals surface area contributed by atoms with Gasteiger partial charge in [0.05, 0.1) is 9.82 Å². The Kier molecular flexibility index (Phi) is 4.97. The number of hydrogen-bond acceptors (Lipinski definition) is 4. The fraction of sp³-hybridized carbons (Fsp3) is 0.400. The first kappa shape index (κ1) is 14.8. The van der Waals surface area contributed by atoms with Gasteiger partial charge in [-0.2, -0.15) is 8.42 Å². The van der Waals surface area contributed by atoms with E-state index in [4.69, 9.17) is 0 Å². The Morgan fingerprint density at radius 3 is 2.11 bits per heavy atom. The van der Waals surface area contributed by atoms with Crippen molar-refractivity contribution in [3.8, 4) is 0 Å². The van der Waals surface area contributed by atoms with E-state index in [0.29, 0.717) is 11.5 Å². The van der Waals surface area contributed by atoms with Crippen molar-refractivity contribution in [2.75, 3.05) is 11.5 Å². The van der Waals surface area contributed by atoms with Crippen molar-refractivity contribution in [2.24, 2.45) is 3.77 Å². The first-order valence-electron chi connectivity index (χ1n) is 5.30. The molecule has 0 saturated carbocycles. The van der Waals surface area contributed by atoms with Gasteiger partial charge in [-0.15, -0.1) is 3.77 Å². The average Bonchev–Trinajstić information content (AvgIpc) is 2.36. The molecule has 0 fully saturated rings. The van der Waals surface area contributed by atoms with Crippen molar-refractivity contribution in [2.45, 2.75) is 18.7 Å². The molecular weight excluding hydrogens is 276 g/mol. The van der Waals surface area contributed by atoms with Crippen molar-refractivity contribution in [3.05, 3.63) is 34.4 Å². The fourth-order valence-corrected chi connectivity index (χ4v) is 4.42. The maximum atomic E-state index is 11.9. The molecule has 0 spiro atoms. The monoisotopic (exact) mass is 290 g/mol. The van der Waals surface area contributed by atoms with Gasteiger partial charge >= 0.3 is 0 Å². The Balaban J connectivity index is 3.13. The number of non-ortho nitro benzene ring substituents is 1. The van der Waals surface area contributed by atoms with E-state index in [1.807, 2.05) is 13.8 Å². The highest BCUT2D eigenvalue weighted by atomic mass is 32.3. The molecule has 0 aliphatic rings. The summed E-state index contributed by atoms with van der Waals surface area (Å²) in [6.07, 6.45) is 0. The second-order valence-electron chi connectivity index (χ2n) is 3.34. The summed E-state index contributed by atoms with van der Waals surface area (Å²) in [6, 6.07) is 4.75. The smallest absolute Gasteiger partial charge is 0.258 e. The van der Waals surface area contributed by atoms with E-state index >= 15 is 0 Å². The van der Waals surface area contributed by atoms with Crippen LogP contribution >= 0.6 is 0 Å². The van der Waals surface area contributed by atoms with Crippen molar-refractivity contribution in [1.29, 1.82) is 0 Å². The van der Waals surface area contributed by atoms with Crippen LogP contribution < -0.4 is 0 Å². The summed E-state index contributed by atoms with van der Waals surface area (Å²) < 4.78 is 27.6. The summed E-state index contributed by atoms with van der Waals surface area (Å²) in [6.45, 7) is 3.75. The van der Waals surface area contributed by atoms with Gasteiger partial charge in [-0.3, -0.25) is 10.1 Å². The van der Waals surface area contributed by atoms with Crippen molar-refractivity contribution in [3.63, 3.8) is 0 Å². The lowest BCUT2D eigenvalue weighted by atomic mass is 10.3. The van der Waals surface area contributed by atoms with Gasteiger partial charge in [0.2, 0.25) is 0 Å². The molecule has 18 heavy (non-hydrogen) atoms. The minimum absolute atomic E-state index is 0.00694. The fourth-order valence-electron chi connectivity index (χ4n) is 1.23. The Labute approximate surface area is 108 Å². The summed E-state index contributed by atoms with van der Waals surface area (Å²) in [7, 11) is -4.23.